The third-order valence-electron chi connectivity index (χ3n) is 3.67. The van der Waals surface area contributed by atoms with Gasteiger partial charge in [-0.15, -0.1) is 0 Å². The Hall–Kier alpha value is -1.67. The van der Waals surface area contributed by atoms with Crippen molar-refractivity contribution in [1.82, 2.24) is 9.62 Å². The van der Waals surface area contributed by atoms with Crippen molar-refractivity contribution in [2.24, 2.45) is 5.92 Å². The Morgan fingerprint density at radius 1 is 1.38 bits per heavy atom. The lowest BCUT2D eigenvalue weighted by Gasteiger charge is -2.30. The van der Waals surface area contributed by atoms with Gasteiger partial charge >= 0.3 is 0 Å². The van der Waals surface area contributed by atoms with E-state index in [0.29, 0.717) is 12.8 Å². The number of hydrogen-bond acceptors (Lipinski definition) is 4. The second-order valence-corrected chi connectivity index (χ2v) is 6.83. The fraction of sp³-hybridized carbons (Fsp3) is 0.462. The van der Waals surface area contributed by atoms with Crippen molar-refractivity contribution in [2.75, 3.05) is 25.9 Å². The fourth-order valence-electron chi connectivity index (χ4n) is 2.49. The highest BCUT2D eigenvalue weighted by atomic mass is 32.2. The van der Waals surface area contributed by atoms with E-state index in [-0.39, 0.29) is 30.6 Å². The summed E-state index contributed by atoms with van der Waals surface area (Å²) in [6.07, 6.45) is 0.820. The normalized spacial score (nSPS) is 17.6. The molecule has 0 bridgehead atoms. The molecule has 1 aromatic carbocycles. The van der Waals surface area contributed by atoms with Gasteiger partial charge in [-0.05, 0) is 25.0 Å². The van der Waals surface area contributed by atoms with Crippen LogP contribution in [0.25, 0.3) is 0 Å². The number of rotatable bonds is 3. The first-order valence-electron chi connectivity index (χ1n) is 6.63. The lowest BCUT2D eigenvalue weighted by Crippen LogP contribution is -2.42. The van der Waals surface area contributed by atoms with Crippen LogP contribution in [0, 0.1) is 11.7 Å². The van der Waals surface area contributed by atoms with E-state index < -0.39 is 20.7 Å². The molecule has 0 aromatic heterocycles. The molecular weight excluding hydrogens is 297 g/mol. The van der Waals surface area contributed by atoms with Crippen LogP contribution in [0.2, 0.25) is 0 Å². The number of nitrogens with two attached hydrogens (primary N) is 1. The molecule has 0 saturated carbocycles. The molecule has 1 fully saturated rings. The zero-order valence-electron chi connectivity index (χ0n) is 11.7. The number of carbonyl (C=O) groups excluding carboxylic acids is 1. The van der Waals surface area contributed by atoms with Gasteiger partial charge < -0.3 is 11.1 Å². The Bertz CT molecular complexity index is 620. The van der Waals surface area contributed by atoms with Crippen molar-refractivity contribution < 1.29 is 17.6 Å². The molecule has 1 heterocycles. The third-order valence-corrected chi connectivity index (χ3v) is 5.66. The fourth-order valence-corrected chi connectivity index (χ4v) is 4.12. The van der Waals surface area contributed by atoms with Gasteiger partial charge in [-0.2, -0.15) is 4.31 Å². The summed E-state index contributed by atoms with van der Waals surface area (Å²) in [5.74, 6) is -1.17. The maximum Gasteiger partial charge on any atom is 0.248 e. The molecular formula is C13H18FN3O3S. The molecule has 1 aliphatic heterocycles. The van der Waals surface area contributed by atoms with Crippen molar-refractivity contribution in [3.05, 3.63) is 24.0 Å². The predicted octanol–water partition coefficient (Wildman–Crippen LogP) is 0.555. The zero-order valence-corrected chi connectivity index (χ0v) is 12.5. The number of sulfonamides is 1. The number of benzene rings is 1. The van der Waals surface area contributed by atoms with Crippen molar-refractivity contribution in [3.63, 3.8) is 0 Å². The number of piperidine rings is 1. The monoisotopic (exact) mass is 315 g/mol. The van der Waals surface area contributed by atoms with E-state index in [4.69, 9.17) is 5.73 Å². The quantitative estimate of drug-likeness (QED) is 0.797. The molecule has 2 rings (SSSR count). The molecule has 0 unspecified atom stereocenters. The number of hydrogen-bond donors (Lipinski definition) is 2. The minimum absolute atomic E-state index is 0.0996. The largest absolute Gasteiger partial charge is 0.398 e. The smallest absolute Gasteiger partial charge is 0.248 e. The van der Waals surface area contributed by atoms with E-state index in [1.807, 2.05) is 0 Å². The van der Waals surface area contributed by atoms with E-state index in [9.17, 15) is 17.6 Å². The molecule has 0 spiro atoms. The van der Waals surface area contributed by atoms with Crippen LogP contribution >= 0.6 is 0 Å². The summed E-state index contributed by atoms with van der Waals surface area (Å²) in [5.41, 5.74) is 5.49. The summed E-state index contributed by atoms with van der Waals surface area (Å²) in [4.78, 5) is 11.1. The van der Waals surface area contributed by atoms with Gasteiger partial charge in [0.05, 0.1) is 5.69 Å². The highest BCUT2D eigenvalue weighted by Gasteiger charge is 2.34. The average Bonchev–Trinajstić information content (AvgIpc) is 2.46. The molecule has 1 amide bonds. The number of anilines is 1. The third kappa shape index (κ3) is 3.01. The van der Waals surface area contributed by atoms with Crippen LogP contribution in [0.3, 0.4) is 0 Å². The molecule has 3 N–H and O–H groups in total. The van der Waals surface area contributed by atoms with Gasteiger partial charge in [-0.1, -0.05) is 6.07 Å². The van der Waals surface area contributed by atoms with E-state index in [0.717, 1.165) is 6.07 Å². The Kier molecular flexibility index (Phi) is 4.48. The molecule has 1 aromatic rings. The Labute approximate surface area is 123 Å². The summed E-state index contributed by atoms with van der Waals surface area (Å²) in [5, 5.41) is 2.55. The van der Waals surface area contributed by atoms with Gasteiger partial charge in [0.25, 0.3) is 0 Å². The number of nitrogen functional groups attached to an aromatic ring is 1. The van der Waals surface area contributed by atoms with Crippen molar-refractivity contribution in [2.45, 2.75) is 17.7 Å². The second-order valence-electron chi connectivity index (χ2n) is 4.95. The highest BCUT2D eigenvalue weighted by Crippen LogP contribution is 2.28. The van der Waals surface area contributed by atoms with E-state index in [2.05, 4.69) is 5.32 Å². The first-order chi connectivity index (χ1) is 9.87. The van der Waals surface area contributed by atoms with Crippen LogP contribution in [0.1, 0.15) is 12.8 Å². The summed E-state index contributed by atoms with van der Waals surface area (Å²) >= 11 is 0. The van der Waals surface area contributed by atoms with E-state index in [1.54, 1.807) is 7.05 Å². The van der Waals surface area contributed by atoms with Crippen LogP contribution < -0.4 is 11.1 Å². The van der Waals surface area contributed by atoms with Crippen LogP contribution in [0.4, 0.5) is 10.1 Å². The first kappa shape index (κ1) is 15.7. The van der Waals surface area contributed by atoms with Crippen LogP contribution in [-0.4, -0.2) is 38.8 Å². The number of amides is 1. The lowest BCUT2D eigenvalue weighted by molar-refractivity contribution is -0.125. The number of nitrogens with one attached hydrogen (secondary N) is 1. The maximum absolute atomic E-state index is 13.8. The summed E-state index contributed by atoms with van der Waals surface area (Å²) in [7, 11) is -2.43. The van der Waals surface area contributed by atoms with Crippen molar-refractivity contribution >= 4 is 21.6 Å². The van der Waals surface area contributed by atoms with Crippen molar-refractivity contribution in [3.8, 4) is 0 Å². The molecule has 0 aliphatic carbocycles. The first-order valence-corrected chi connectivity index (χ1v) is 8.07. The van der Waals surface area contributed by atoms with E-state index in [1.165, 1.54) is 16.4 Å². The molecule has 1 saturated heterocycles. The second kappa shape index (κ2) is 5.98. The lowest BCUT2D eigenvalue weighted by atomic mass is 9.97. The van der Waals surface area contributed by atoms with Gasteiger partial charge in [0.15, 0.2) is 0 Å². The predicted molar refractivity (Wildman–Crippen MR) is 76.4 cm³/mol. The van der Waals surface area contributed by atoms with Crippen LogP contribution in [0.15, 0.2) is 23.1 Å². The molecule has 116 valence electrons. The standard InChI is InChI=1S/C13H18FN3O3S/c1-16-13(18)9-5-7-17(8-6-9)21(19,20)12-10(14)3-2-4-11(12)15/h2-4,9H,5-8,15H2,1H3,(H,16,18). The van der Waals surface area contributed by atoms with Crippen LogP contribution in [0.5, 0.6) is 0 Å². The van der Waals surface area contributed by atoms with Gasteiger partial charge in [0.2, 0.25) is 15.9 Å². The van der Waals surface area contributed by atoms with E-state index >= 15 is 0 Å². The van der Waals surface area contributed by atoms with Crippen molar-refractivity contribution in [1.29, 1.82) is 0 Å². The highest BCUT2D eigenvalue weighted by molar-refractivity contribution is 7.89. The number of carbonyl (C=O) groups is 1. The number of nitrogens with zero attached hydrogens (tertiary/aromatic N) is 1. The SMILES string of the molecule is CNC(=O)C1CCN(S(=O)(=O)c2c(N)cccc2F)CC1. The topological polar surface area (TPSA) is 92.5 Å². The maximum atomic E-state index is 13.8. The Morgan fingerprint density at radius 2 is 2.00 bits per heavy atom. The number of halogens is 1. The Balaban J connectivity index is 2.21. The summed E-state index contributed by atoms with van der Waals surface area (Å²) in [6.45, 7) is 0.350. The van der Waals surface area contributed by atoms with Crippen LogP contribution in [-0.2, 0) is 14.8 Å². The Morgan fingerprint density at radius 3 is 2.52 bits per heavy atom. The molecule has 1 aliphatic rings. The van der Waals surface area contributed by atoms with Gasteiger partial charge in [0.1, 0.15) is 10.7 Å². The summed E-state index contributed by atoms with van der Waals surface area (Å²) in [6, 6.07) is 3.79. The summed E-state index contributed by atoms with van der Waals surface area (Å²) < 4.78 is 40.0. The molecule has 0 radical (unpaired) electrons. The van der Waals surface area contributed by atoms with Gasteiger partial charge in [-0.25, -0.2) is 12.8 Å². The minimum Gasteiger partial charge on any atom is -0.398 e. The molecule has 6 nitrogen and oxygen atoms in total. The average molecular weight is 315 g/mol. The minimum atomic E-state index is -3.98. The molecule has 8 heteroatoms. The van der Waals surface area contributed by atoms with Gasteiger partial charge in [0, 0.05) is 26.1 Å². The molecule has 0 atom stereocenters. The van der Waals surface area contributed by atoms with Gasteiger partial charge in [-0.3, -0.25) is 4.79 Å². The zero-order chi connectivity index (χ0) is 15.6. The molecule has 21 heavy (non-hydrogen) atoms.